The summed E-state index contributed by atoms with van der Waals surface area (Å²) in [6.07, 6.45) is 1.76. The van der Waals surface area contributed by atoms with Gasteiger partial charge in [-0.2, -0.15) is 0 Å². The third-order valence-corrected chi connectivity index (χ3v) is 3.98. The zero-order valence-electron chi connectivity index (χ0n) is 11.5. The van der Waals surface area contributed by atoms with Gasteiger partial charge in [-0.1, -0.05) is 15.9 Å². The van der Waals surface area contributed by atoms with Gasteiger partial charge in [0.15, 0.2) is 0 Å². The first kappa shape index (κ1) is 15.9. The van der Waals surface area contributed by atoms with Crippen molar-refractivity contribution in [1.29, 1.82) is 0 Å². The molecule has 1 amide bonds. The van der Waals surface area contributed by atoms with Crippen molar-refractivity contribution >= 4 is 33.5 Å². The molecule has 1 heterocycles. The number of hydrogen-bond donors (Lipinski definition) is 3. The SMILES string of the molecule is NC1CCN(CC(=O)Nc2cc(Br)ccc2C(=O)O)CC1. The fraction of sp³-hybridized carbons (Fsp3) is 0.429. The Morgan fingerprint density at radius 2 is 2.05 bits per heavy atom. The number of nitrogens with zero attached hydrogens (tertiary/aromatic N) is 1. The van der Waals surface area contributed by atoms with Crippen LogP contribution in [0.5, 0.6) is 0 Å². The minimum absolute atomic E-state index is 0.0761. The van der Waals surface area contributed by atoms with Crippen LogP contribution < -0.4 is 11.1 Å². The molecule has 1 aliphatic heterocycles. The number of halogens is 1. The van der Waals surface area contributed by atoms with E-state index >= 15 is 0 Å². The van der Waals surface area contributed by atoms with Gasteiger partial charge in [-0.3, -0.25) is 9.69 Å². The van der Waals surface area contributed by atoms with E-state index in [2.05, 4.69) is 21.2 Å². The van der Waals surface area contributed by atoms with Crippen LogP contribution >= 0.6 is 15.9 Å². The van der Waals surface area contributed by atoms with Crippen LogP contribution in [0, 0.1) is 0 Å². The van der Waals surface area contributed by atoms with Crippen LogP contribution in [-0.2, 0) is 4.79 Å². The van der Waals surface area contributed by atoms with E-state index in [9.17, 15) is 9.59 Å². The molecule has 0 aromatic heterocycles. The number of carbonyl (C=O) groups is 2. The number of amides is 1. The second-order valence-corrected chi connectivity index (χ2v) is 6.07. The van der Waals surface area contributed by atoms with Crippen molar-refractivity contribution in [2.24, 2.45) is 5.73 Å². The fourth-order valence-electron chi connectivity index (χ4n) is 2.31. The highest BCUT2D eigenvalue weighted by molar-refractivity contribution is 9.10. The zero-order chi connectivity index (χ0) is 15.4. The van der Waals surface area contributed by atoms with Crippen LogP contribution in [0.15, 0.2) is 22.7 Å². The summed E-state index contributed by atoms with van der Waals surface area (Å²) in [5.74, 6) is -1.28. The number of nitrogens with one attached hydrogen (secondary N) is 1. The van der Waals surface area contributed by atoms with E-state index in [1.54, 1.807) is 12.1 Å². The molecule has 0 spiro atoms. The molecule has 1 fully saturated rings. The zero-order valence-corrected chi connectivity index (χ0v) is 13.1. The number of hydrogen-bond acceptors (Lipinski definition) is 4. The largest absolute Gasteiger partial charge is 0.478 e. The molecule has 7 heteroatoms. The highest BCUT2D eigenvalue weighted by Crippen LogP contribution is 2.21. The van der Waals surface area contributed by atoms with Crippen LogP contribution in [0.3, 0.4) is 0 Å². The topological polar surface area (TPSA) is 95.7 Å². The first-order chi connectivity index (χ1) is 9.95. The molecule has 0 bridgehead atoms. The number of carboxylic acid groups (broad SMARTS) is 1. The standard InChI is InChI=1S/C14H18BrN3O3/c15-9-1-2-11(14(20)21)12(7-9)17-13(19)8-18-5-3-10(16)4-6-18/h1-2,7,10H,3-6,8,16H2,(H,17,19)(H,20,21). The van der Waals surface area contributed by atoms with Crippen LogP contribution in [0.2, 0.25) is 0 Å². The second-order valence-electron chi connectivity index (χ2n) is 5.16. The number of carbonyl (C=O) groups excluding carboxylic acids is 1. The van der Waals surface area contributed by atoms with Gasteiger partial charge in [0.25, 0.3) is 0 Å². The minimum Gasteiger partial charge on any atom is -0.478 e. The summed E-state index contributed by atoms with van der Waals surface area (Å²) in [4.78, 5) is 25.2. The molecule has 21 heavy (non-hydrogen) atoms. The molecule has 2 rings (SSSR count). The molecule has 4 N–H and O–H groups in total. The van der Waals surface area contributed by atoms with Crippen molar-refractivity contribution in [3.05, 3.63) is 28.2 Å². The summed E-state index contributed by atoms with van der Waals surface area (Å²) in [5.41, 5.74) is 6.20. The summed E-state index contributed by atoms with van der Waals surface area (Å²) in [7, 11) is 0. The van der Waals surface area contributed by atoms with Gasteiger partial charge in [0, 0.05) is 23.6 Å². The van der Waals surface area contributed by atoms with E-state index in [1.165, 1.54) is 6.07 Å². The monoisotopic (exact) mass is 355 g/mol. The Morgan fingerprint density at radius 3 is 2.67 bits per heavy atom. The van der Waals surface area contributed by atoms with Crippen LogP contribution in [0.4, 0.5) is 5.69 Å². The molecular weight excluding hydrogens is 338 g/mol. The highest BCUT2D eigenvalue weighted by Gasteiger charge is 2.19. The highest BCUT2D eigenvalue weighted by atomic mass is 79.9. The molecule has 1 aromatic carbocycles. The van der Waals surface area contributed by atoms with Crippen molar-refractivity contribution in [3.8, 4) is 0 Å². The maximum atomic E-state index is 12.1. The Labute approximate surface area is 131 Å². The van der Waals surface area contributed by atoms with Gasteiger partial charge in [0.05, 0.1) is 17.8 Å². The van der Waals surface area contributed by atoms with Gasteiger partial charge < -0.3 is 16.2 Å². The normalized spacial score (nSPS) is 16.7. The van der Waals surface area contributed by atoms with Gasteiger partial charge in [0.2, 0.25) is 5.91 Å². The Hall–Kier alpha value is -1.44. The van der Waals surface area contributed by atoms with Crippen molar-refractivity contribution in [2.45, 2.75) is 18.9 Å². The molecule has 1 aliphatic rings. The molecule has 6 nitrogen and oxygen atoms in total. The second kappa shape index (κ2) is 7.02. The number of anilines is 1. The smallest absolute Gasteiger partial charge is 0.337 e. The summed E-state index contributed by atoms with van der Waals surface area (Å²) in [5, 5.41) is 11.8. The lowest BCUT2D eigenvalue weighted by molar-refractivity contribution is -0.117. The average Bonchev–Trinajstić information content (AvgIpc) is 2.41. The third kappa shape index (κ3) is 4.52. The number of rotatable bonds is 4. The molecule has 0 unspecified atom stereocenters. The van der Waals surface area contributed by atoms with E-state index in [4.69, 9.17) is 10.8 Å². The predicted octanol–water partition coefficient (Wildman–Crippen LogP) is 1.51. The molecule has 0 radical (unpaired) electrons. The van der Waals surface area contributed by atoms with E-state index in [0.29, 0.717) is 10.2 Å². The predicted molar refractivity (Wildman–Crippen MR) is 83.4 cm³/mol. The number of carboxylic acids is 1. The van der Waals surface area contributed by atoms with E-state index < -0.39 is 5.97 Å². The molecule has 0 saturated carbocycles. The number of benzene rings is 1. The lowest BCUT2D eigenvalue weighted by atomic mass is 10.1. The van der Waals surface area contributed by atoms with Gasteiger partial charge >= 0.3 is 5.97 Å². The summed E-state index contributed by atoms with van der Waals surface area (Å²) in [6, 6.07) is 4.90. The van der Waals surface area contributed by atoms with Gasteiger partial charge in [0.1, 0.15) is 0 Å². The Balaban J connectivity index is 1.99. The molecule has 0 atom stereocenters. The molecular formula is C14H18BrN3O3. The van der Waals surface area contributed by atoms with E-state index in [0.717, 1.165) is 25.9 Å². The number of nitrogens with two attached hydrogens (primary N) is 1. The van der Waals surface area contributed by atoms with Crippen molar-refractivity contribution < 1.29 is 14.7 Å². The summed E-state index contributed by atoms with van der Waals surface area (Å²) >= 11 is 3.27. The number of piperidine rings is 1. The maximum absolute atomic E-state index is 12.1. The molecule has 1 aromatic rings. The third-order valence-electron chi connectivity index (χ3n) is 3.49. The Kier molecular flexibility index (Phi) is 5.33. The first-order valence-electron chi connectivity index (χ1n) is 6.76. The molecule has 1 saturated heterocycles. The fourth-order valence-corrected chi connectivity index (χ4v) is 2.67. The Bertz CT molecular complexity index is 542. The first-order valence-corrected chi connectivity index (χ1v) is 7.55. The van der Waals surface area contributed by atoms with Gasteiger partial charge in [-0.25, -0.2) is 4.79 Å². The summed E-state index contributed by atoms with van der Waals surface area (Å²) in [6.45, 7) is 1.83. The van der Waals surface area contributed by atoms with Crippen molar-refractivity contribution in [3.63, 3.8) is 0 Å². The minimum atomic E-state index is -1.07. The van der Waals surface area contributed by atoms with Crippen LogP contribution in [0.1, 0.15) is 23.2 Å². The van der Waals surface area contributed by atoms with E-state index in [1.807, 2.05) is 4.90 Å². The van der Waals surface area contributed by atoms with Crippen LogP contribution in [-0.4, -0.2) is 47.6 Å². The lowest BCUT2D eigenvalue weighted by Crippen LogP contribution is -2.43. The lowest BCUT2D eigenvalue weighted by Gasteiger charge is -2.29. The van der Waals surface area contributed by atoms with Gasteiger partial charge in [-0.05, 0) is 31.0 Å². The summed E-state index contributed by atoms with van der Waals surface area (Å²) < 4.78 is 0.715. The van der Waals surface area contributed by atoms with Crippen molar-refractivity contribution in [1.82, 2.24) is 4.90 Å². The molecule has 0 aliphatic carbocycles. The number of aromatic carboxylic acids is 1. The average molecular weight is 356 g/mol. The van der Waals surface area contributed by atoms with Gasteiger partial charge in [-0.15, -0.1) is 0 Å². The van der Waals surface area contributed by atoms with E-state index in [-0.39, 0.29) is 24.1 Å². The quantitative estimate of drug-likeness (QED) is 0.760. The molecule has 114 valence electrons. The number of likely N-dealkylation sites (tertiary alicyclic amines) is 1. The van der Waals surface area contributed by atoms with Crippen molar-refractivity contribution in [2.75, 3.05) is 25.0 Å². The Morgan fingerprint density at radius 1 is 1.38 bits per heavy atom. The maximum Gasteiger partial charge on any atom is 0.337 e. The van der Waals surface area contributed by atoms with Crippen LogP contribution in [0.25, 0.3) is 0 Å².